The summed E-state index contributed by atoms with van der Waals surface area (Å²) in [6.07, 6.45) is 1.86. The number of phenolic OH excluding ortho intramolecular Hbond substituents is 1. The third kappa shape index (κ3) is 2.01. The van der Waals surface area contributed by atoms with Crippen LogP contribution in [0.1, 0.15) is 11.1 Å². The summed E-state index contributed by atoms with van der Waals surface area (Å²) in [7, 11) is 0. The van der Waals surface area contributed by atoms with Crippen LogP contribution in [-0.4, -0.2) is 25.4 Å². The Balaban J connectivity index is 1.91. The molecule has 6 heteroatoms. The molecule has 0 spiro atoms. The quantitative estimate of drug-likeness (QED) is 0.495. The Morgan fingerprint density at radius 2 is 1.72 bits per heavy atom. The van der Waals surface area contributed by atoms with Gasteiger partial charge in [-0.05, 0) is 36.4 Å². The number of nitrogen functional groups attached to an aromatic ring is 1. The molecule has 0 aliphatic carbocycles. The van der Waals surface area contributed by atoms with Crippen LogP contribution in [0.4, 0.5) is 11.6 Å². The lowest BCUT2D eigenvalue weighted by Crippen LogP contribution is -2.05. The molecule has 1 aliphatic heterocycles. The van der Waals surface area contributed by atoms with E-state index in [1.165, 1.54) is 0 Å². The van der Waals surface area contributed by atoms with E-state index >= 15 is 0 Å². The maximum absolute atomic E-state index is 9.59. The molecule has 0 radical (unpaired) electrons. The minimum atomic E-state index is 0.215. The molecule has 1 aliphatic rings. The van der Waals surface area contributed by atoms with Gasteiger partial charge in [0.25, 0.3) is 0 Å². The summed E-state index contributed by atoms with van der Waals surface area (Å²) in [5, 5.41) is 13.9. The number of benzene rings is 2. The van der Waals surface area contributed by atoms with Crippen molar-refractivity contribution in [1.82, 2.24) is 14.6 Å². The van der Waals surface area contributed by atoms with Crippen molar-refractivity contribution in [1.29, 1.82) is 0 Å². The van der Waals surface area contributed by atoms with E-state index in [0.29, 0.717) is 0 Å². The van der Waals surface area contributed by atoms with Crippen LogP contribution in [0.3, 0.4) is 0 Å². The van der Waals surface area contributed by atoms with Crippen LogP contribution in [0.2, 0.25) is 0 Å². The van der Waals surface area contributed by atoms with Gasteiger partial charge in [-0.25, -0.2) is 14.5 Å². The van der Waals surface area contributed by atoms with E-state index in [0.717, 1.165) is 39.3 Å². The molecule has 0 amide bonds. The molecule has 3 N–H and O–H groups in total. The zero-order valence-corrected chi connectivity index (χ0v) is 13.1. The van der Waals surface area contributed by atoms with E-state index in [4.69, 9.17) is 10.7 Å². The Morgan fingerprint density at radius 1 is 0.920 bits per heavy atom. The zero-order valence-electron chi connectivity index (χ0n) is 13.1. The molecule has 0 fully saturated rings. The van der Waals surface area contributed by atoms with Crippen LogP contribution in [0.5, 0.6) is 5.75 Å². The number of hydrogen-bond donors (Lipinski definition) is 2. The minimum Gasteiger partial charge on any atom is -0.508 e. The molecule has 120 valence electrons. The Kier molecular flexibility index (Phi) is 2.70. The van der Waals surface area contributed by atoms with E-state index in [2.05, 4.69) is 10.1 Å². The number of phenols is 1. The van der Waals surface area contributed by atoms with E-state index < -0.39 is 0 Å². The Hall–Kier alpha value is -3.67. The topological polar surface area (TPSA) is 88.8 Å². The molecule has 0 saturated heterocycles. The van der Waals surface area contributed by atoms with Crippen LogP contribution in [0, 0.1) is 0 Å². The number of aromatic nitrogens is 3. The fraction of sp³-hybridized carbons (Fsp3) is 0. The van der Waals surface area contributed by atoms with Crippen LogP contribution in [0.15, 0.2) is 65.8 Å². The van der Waals surface area contributed by atoms with Gasteiger partial charge in [0.05, 0.1) is 11.4 Å². The lowest BCUT2D eigenvalue weighted by Gasteiger charge is -2.06. The van der Waals surface area contributed by atoms with Gasteiger partial charge < -0.3 is 10.8 Å². The van der Waals surface area contributed by atoms with E-state index in [1.54, 1.807) is 16.6 Å². The van der Waals surface area contributed by atoms with Gasteiger partial charge in [0, 0.05) is 22.9 Å². The molecule has 25 heavy (non-hydrogen) atoms. The number of para-hydroxylation sites is 1. The Bertz CT molecular complexity index is 1160. The average molecular weight is 327 g/mol. The second-order valence-corrected chi connectivity index (χ2v) is 5.87. The summed E-state index contributed by atoms with van der Waals surface area (Å²) in [4.78, 5) is 9.37. The van der Waals surface area contributed by atoms with Crippen molar-refractivity contribution in [3.8, 4) is 17.0 Å². The predicted molar refractivity (Wildman–Crippen MR) is 96.2 cm³/mol. The van der Waals surface area contributed by atoms with Crippen LogP contribution in [0.25, 0.3) is 16.8 Å². The number of aromatic hydroxyl groups is 1. The summed E-state index contributed by atoms with van der Waals surface area (Å²) in [5.74, 6) is 0.435. The van der Waals surface area contributed by atoms with E-state index in [-0.39, 0.29) is 11.7 Å². The zero-order chi connectivity index (χ0) is 17.0. The van der Waals surface area contributed by atoms with Crippen LogP contribution in [-0.2, 0) is 0 Å². The molecule has 6 nitrogen and oxygen atoms in total. The monoisotopic (exact) mass is 327 g/mol. The molecule has 3 heterocycles. The highest BCUT2D eigenvalue weighted by molar-refractivity contribution is 6.20. The number of nitrogens with two attached hydrogens (primary N) is 1. The van der Waals surface area contributed by atoms with Crippen molar-refractivity contribution in [3.05, 3.63) is 71.9 Å². The summed E-state index contributed by atoms with van der Waals surface area (Å²) in [6.45, 7) is 0. The summed E-state index contributed by atoms with van der Waals surface area (Å²) in [6, 6.07) is 16.8. The molecule has 2 aromatic carbocycles. The largest absolute Gasteiger partial charge is 0.508 e. The molecule has 0 saturated carbocycles. The number of hydrogen-bond acceptors (Lipinski definition) is 5. The highest BCUT2D eigenvalue weighted by Gasteiger charge is 2.23. The predicted octanol–water partition coefficient (Wildman–Crippen LogP) is 3.17. The summed E-state index contributed by atoms with van der Waals surface area (Å²) in [5.41, 5.74) is 11.9. The first-order chi connectivity index (χ1) is 12.2. The number of anilines is 1. The normalized spacial score (nSPS) is 12.6. The summed E-state index contributed by atoms with van der Waals surface area (Å²) < 4.78 is 1.74. The smallest absolute Gasteiger partial charge is 0.238 e. The SMILES string of the molecule is Nc1nc2c3c(ccn3n1)C(c1ccc(O)cc1)=Nc1ccccc1-2. The van der Waals surface area contributed by atoms with Gasteiger partial charge in [-0.3, -0.25) is 0 Å². The molecule has 0 unspecified atom stereocenters. The number of nitrogens with zero attached hydrogens (tertiary/aromatic N) is 4. The maximum Gasteiger partial charge on any atom is 0.238 e. The van der Waals surface area contributed by atoms with Crippen molar-refractivity contribution < 1.29 is 5.11 Å². The molecule has 4 aromatic rings. The second kappa shape index (κ2) is 4.91. The fourth-order valence-corrected chi connectivity index (χ4v) is 3.21. The standard InChI is InChI=1S/C19H13N5O/c20-19-22-17-13-3-1-2-4-15(13)21-16(11-5-7-12(25)8-6-11)14-9-10-24(23-19)18(14)17/h1-10,25H,(H2,20,23). The lowest BCUT2D eigenvalue weighted by molar-refractivity contribution is 0.475. The molecule has 0 bridgehead atoms. The highest BCUT2D eigenvalue weighted by Crippen LogP contribution is 2.38. The van der Waals surface area contributed by atoms with Crippen LogP contribution >= 0.6 is 0 Å². The van der Waals surface area contributed by atoms with Crippen molar-refractivity contribution in [2.45, 2.75) is 0 Å². The highest BCUT2D eigenvalue weighted by atomic mass is 16.3. The van der Waals surface area contributed by atoms with E-state index in [9.17, 15) is 5.11 Å². The Labute approximate surface area is 142 Å². The maximum atomic E-state index is 9.59. The molecule has 2 aromatic heterocycles. The average Bonchev–Trinajstić information content (AvgIpc) is 2.97. The van der Waals surface area contributed by atoms with Gasteiger partial charge in [-0.2, -0.15) is 0 Å². The van der Waals surface area contributed by atoms with Gasteiger partial charge in [-0.1, -0.05) is 18.2 Å². The molecular weight excluding hydrogens is 314 g/mol. The lowest BCUT2D eigenvalue weighted by atomic mass is 10.0. The molecular formula is C19H13N5O. The number of rotatable bonds is 1. The van der Waals surface area contributed by atoms with Gasteiger partial charge >= 0.3 is 0 Å². The first-order valence-corrected chi connectivity index (χ1v) is 7.83. The molecule has 0 atom stereocenters. The Morgan fingerprint density at radius 3 is 2.56 bits per heavy atom. The van der Waals surface area contributed by atoms with Crippen molar-refractivity contribution >= 4 is 22.9 Å². The van der Waals surface area contributed by atoms with Gasteiger partial charge in [0.15, 0.2) is 0 Å². The first kappa shape index (κ1) is 13.7. The van der Waals surface area contributed by atoms with Crippen molar-refractivity contribution in [2.75, 3.05) is 5.73 Å². The van der Waals surface area contributed by atoms with Gasteiger partial charge in [0.1, 0.15) is 17.0 Å². The van der Waals surface area contributed by atoms with Gasteiger partial charge in [-0.15, -0.1) is 5.10 Å². The number of aliphatic imine (C=N–C) groups is 1. The van der Waals surface area contributed by atoms with E-state index in [1.807, 2.05) is 48.7 Å². The number of fused-ring (bicyclic) bond motifs is 2. The van der Waals surface area contributed by atoms with Crippen LogP contribution < -0.4 is 5.73 Å². The third-order valence-electron chi connectivity index (χ3n) is 4.31. The summed E-state index contributed by atoms with van der Waals surface area (Å²) >= 11 is 0. The third-order valence-corrected chi connectivity index (χ3v) is 4.31. The van der Waals surface area contributed by atoms with Gasteiger partial charge in [0.2, 0.25) is 5.95 Å². The fourth-order valence-electron chi connectivity index (χ4n) is 3.21. The van der Waals surface area contributed by atoms with Crippen molar-refractivity contribution in [2.24, 2.45) is 4.99 Å². The van der Waals surface area contributed by atoms with Crippen molar-refractivity contribution in [3.63, 3.8) is 0 Å². The first-order valence-electron chi connectivity index (χ1n) is 7.83. The molecule has 5 rings (SSSR count). The minimum absolute atomic E-state index is 0.215. The second-order valence-electron chi connectivity index (χ2n) is 5.87.